The topological polar surface area (TPSA) is 84.9 Å². The summed E-state index contributed by atoms with van der Waals surface area (Å²) in [6, 6.07) is 12.5. The summed E-state index contributed by atoms with van der Waals surface area (Å²) in [5.74, 6) is -0.774. The first kappa shape index (κ1) is 28.2. The third-order valence-electron chi connectivity index (χ3n) is 6.02. The predicted molar refractivity (Wildman–Crippen MR) is 153 cm³/mol. The van der Waals surface area contributed by atoms with E-state index in [1.165, 1.54) is 13.2 Å². The molecule has 0 aromatic heterocycles. The second-order valence-corrected chi connectivity index (χ2v) is 9.82. The zero-order chi connectivity index (χ0) is 28.3. The van der Waals surface area contributed by atoms with E-state index in [0.29, 0.717) is 49.7 Å². The highest BCUT2D eigenvalue weighted by Crippen LogP contribution is 2.36. The van der Waals surface area contributed by atoms with Crippen molar-refractivity contribution in [3.8, 4) is 11.5 Å². The largest absolute Gasteiger partial charge is 0.493 e. The molecular weight excluding hydrogens is 563 g/mol. The first-order chi connectivity index (χ1) is 18.6. The number of barbiturate groups is 1. The number of amides is 4. The van der Waals surface area contributed by atoms with Gasteiger partial charge >= 0.3 is 6.03 Å². The van der Waals surface area contributed by atoms with Crippen LogP contribution in [0, 0.1) is 6.92 Å². The summed E-state index contributed by atoms with van der Waals surface area (Å²) in [5, 5.41) is 3.58. The van der Waals surface area contributed by atoms with Crippen molar-refractivity contribution in [2.75, 3.05) is 12.0 Å². The first-order valence-electron chi connectivity index (χ1n) is 11.7. The molecule has 10 heteroatoms. The number of carbonyl (C=O) groups excluding carboxylic acids is 3. The summed E-state index contributed by atoms with van der Waals surface area (Å²) in [6.07, 6.45) is 3.49. The summed E-state index contributed by atoms with van der Waals surface area (Å²) in [6.45, 7) is 5.64. The minimum absolute atomic E-state index is 0.147. The summed E-state index contributed by atoms with van der Waals surface area (Å²) >= 11 is 18.5. The van der Waals surface area contributed by atoms with Crippen molar-refractivity contribution in [2.45, 2.75) is 20.0 Å². The number of hydrogen-bond donors (Lipinski definition) is 1. The van der Waals surface area contributed by atoms with Crippen molar-refractivity contribution in [3.05, 3.63) is 104 Å². The minimum Gasteiger partial charge on any atom is -0.493 e. The average molecular weight is 586 g/mol. The normalized spacial score (nSPS) is 14.4. The number of carbonyl (C=O) groups is 3. The van der Waals surface area contributed by atoms with Crippen molar-refractivity contribution >= 4 is 64.4 Å². The Morgan fingerprint density at radius 1 is 1.00 bits per heavy atom. The van der Waals surface area contributed by atoms with Crippen LogP contribution in [-0.4, -0.2) is 25.0 Å². The van der Waals surface area contributed by atoms with Crippen molar-refractivity contribution < 1.29 is 23.9 Å². The Balaban J connectivity index is 1.72. The summed E-state index contributed by atoms with van der Waals surface area (Å²) in [4.78, 5) is 39.7. The van der Waals surface area contributed by atoms with Crippen LogP contribution < -0.4 is 19.7 Å². The monoisotopic (exact) mass is 584 g/mol. The van der Waals surface area contributed by atoms with Crippen molar-refractivity contribution in [3.63, 3.8) is 0 Å². The summed E-state index contributed by atoms with van der Waals surface area (Å²) in [7, 11) is 1.48. The number of imide groups is 2. The predicted octanol–water partition coefficient (Wildman–Crippen LogP) is 6.94. The maximum atomic E-state index is 13.4. The molecular formula is C29H23Cl3N2O5. The first-order valence-corrected chi connectivity index (χ1v) is 12.8. The van der Waals surface area contributed by atoms with Gasteiger partial charge in [-0.3, -0.25) is 14.9 Å². The van der Waals surface area contributed by atoms with Crippen molar-refractivity contribution in [1.82, 2.24) is 5.32 Å². The lowest BCUT2D eigenvalue weighted by atomic mass is 10.0. The third-order valence-corrected chi connectivity index (χ3v) is 7.01. The molecule has 1 heterocycles. The van der Waals surface area contributed by atoms with Crippen LogP contribution in [-0.2, 0) is 22.6 Å². The van der Waals surface area contributed by atoms with E-state index in [2.05, 4.69) is 11.9 Å². The van der Waals surface area contributed by atoms with Crippen LogP contribution in [0.25, 0.3) is 6.08 Å². The number of urea groups is 1. The number of benzene rings is 3. The lowest BCUT2D eigenvalue weighted by molar-refractivity contribution is -0.122. The fourth-order valence-corrected chi connectivity index (χ4v) is 4.69. The van der Waals surface area contributed by atoms with Crippen LogP contribution >= 0.6 is 34.8 Å². The molecule has 1 aliphatic rings. The van der Waals surface area contributed by atoms with E-state index in [-0.39, 0.29) is 17.9 Å². The molecule has 1 saturated heterocycles. The maximum Gasteiger partial charge on any atom is 0.335 e. The van der Waals surface area contributed by atoms with Crippen LogP contribution in [0.5, 0.6) is 11.5 Å². The number of hydrogen-bond acceptors (Lipinski definition) is 5. The molecule has 1 aliphatic heterocycles. The molecule has 0 radical (unpaired) electrons. The van der Waals surface area contributed by atoms with Crippen LogP contribution in [0.15, 0.2) is 66.8 Å². The lowest BCUT2D eigenvalue weighted by Gasteiger charge is -2.27. The van der Waals surface area contributed by atoms with Crippen molar-refractivity contribution in [1.29, 1.82) is 0 Å². The lowest BCUT2D eigenvalue weighted by Crippen LogP contribution is -2.54. The van der Waals surface area contributed by atoms with Crippen LogP contribution in [0.2, 0.25) is 15.1 Å². The van der Waals surface area contributed by atoms with Gasteiger partial charge < -0.3 is 9.47 Å². The van der Waals surface area contributed by atoms with Gasteiger partial charge in [0.2, 0.25) is 0 Å². The number of methoxy groups -OCH3 is 1. The van der Waals surface area contributed by atoms with E-state index < -0.39 is 17.8 Å². The van der Waals surface area contributed by atoms with Crippen molar-refractivity contribution in [2.24, 2.45) is 0 Å². The van der Waals surface area contributed by atoms with Crippen LogP contribution in [0.3, 0.4) is 0 Å². The Morgan fingerprint density at radius 3 is 2.46 bits per heavy atom. The van der Waals surface area contributed by atoms with Gasteiger partial charge in [-0.15, -0.1) is 6.58 Å². The Bertz CT molecular complexity index is 1530. The van der Waals surface area contributed by atoms with Gasteiger partial charge in [0.1, 0.15) is 12.2 Å². The molecule has 200 valence electrons. The number of anilines is 1. The molecule has 4 rings (SSSR count). The molecule has 3 aromatic carbocycles. The standard InChI is InChI=1S/C29H23Cl3N2O5/c1-4-6-18-11-17(13-25(38-3)26(18)39-15-19-9-10-20(30)14-23(19)32)12-21-27(35)33-29(37)34(28(21)36)24-8-5-7-22(31)16(24)2/h4-5,7-14H,1,6,15H2,2-3H3,(H,33,35,37)/b21-12+. The molecule has 4 amide bonds. The van der Waals surface area contributed by atoms with Gasteiger partial charge in [-0.1, -0.05) is 53.0 Å². The third kappa shape index (κ3) is 5.96. The number of nitrogens with zero attached hydrogens (tertiary/aromatic N) is 1. The number of halogens is 3. The van der Waals surface area contributed by atoms with E-state index >= 15 is 0 Å². The zero-order valence-electron chi connectivity index (χ0n) is 21.0. The Morgan fingerprint density at radius 2 is 1.77 bits per heavy atom. The van der Waals surface area contributed by atoms with Crippen LogP contribution in [0.1, 0.15) is 22.3 Å². The molecule has 3 aromatic rings. The van der Waals surface area contributed by atoms with Gasteiger partial charge in [0, 0.05) is 26.2 Å². The maximum absolute atomic E-state index is 13.4. The fraction of sp³-hybridized carbons (Fsp3) is 0.138. The van der Waals surface area contributed by atoms with Gasteiger partial charge in [0.25, 0.3) is 11.8 Å². The molecule has 0 aliphatic carbocycles. The van der Waals surface area contributed by atoms with Crippen LogP contribution in [0.4, 0.5) is 10.5 Å². The van der Waals surface area contributed by atoms with E-state index in [9.17, 15) is 14.4 Å². The molecule has 0 atom stereocenters. The minimum atomic E-state index is -0.859. The molecule has 0 unspecified atom stereocenters. The number of nitrogens with one attached hydrogen (secondary N) is 1. The van der Waals surface area contributed by atoms with E-state index in [1.807, 2.05) is 0 Å². The molecule has 7 nitrogen and oxygen atoms in total. The highest BCUT2D eigenvalue weighted by molar-refractivity contribution is 6.40. The van der Waals surface area contributed by atoms with E-state index in [1.54, 1.807) is 61.5 Å². The molecule has 39 heavy (non-hydrogen) atoms. The molecule has 1 fully saturated rings. The molecule has 0 spiro atoms. The molecule has 1 N–H and O–H groups in total. The number of ether oxygens (including phenoxy) is 2. The number of rotatable bonds is 8. The highest BCUT2D eigenvalue weighted by atomic mass is 35.5. The number of allylic oxidation sites excluding steroid dienone is 1. The van der Waals surface area contributed by atoms with E-state index in [4.69, 9.17) is 44.3 Å². The Hall–Kier alpha value is -3.78. The highest BCUT2D eigenvalue weighted by Gasteiger charge is 2.37. The Labute approximate surface area is 240 Å². The molecule has 0 bridgehead atoms. The quantitative estimate of drug-likeness (QED) is 0.176. The van der Waals surface area contributed by atoms with Gasteiger partial charge in [0.15, 0.2) is 11.5 Å². The zero-order valence-corrected chi connectivity index (χ0v) is 23.3. The smallest absolute Gasteiger partial charge is 0.335 e. The Kier molecular flexibility index (Phi) is 8.65. The average Bonchev–Trinajstić information content (AvgIpc) is 2.89. The van der Waals surface area contributed by atoms with Gasteiger partial charge in [-0.25, -0.2) is 9.69 Å². The fourth-order valence-electron chi connectivity index (χ4n) is 4.06. The van der Waals surface area contributed by atoms with Gasteiger partial charge in [-0.2, -0.15) is 0 Å². The van der Waals surface area contributed by atoms with Gasteiger partial charge in [0.05, 0.1) is 12.8 Å². The summed E-state index contributed by atoms with van der Waals surface area (Å²) in [5.41, 5.74) is 2.47. The second kappa shape index (κ2) is 11.9. The SMILES string of the molecule is C=CCc1cc(/C=C2\C(=O)NC(=O)N(c3cccc(Cl)c3C)C2=O)cc(OC)c1OCc1ccc(Cl)cc1Cl. The second-order valence-electron chi connectivity index (χ2n) is 8.57. The summed E-state index contributed by atoms with van der Waals surface area (Å²) < 4.78 is 11.7. The van der Waals surface area contributed by atoms with E-state index in [0.717, 1.165) is 10.5 Å². The van der Waals surface area contributed by atoms with Gasteiger partial charge in [-0.05, 0) is 66.9 Å². The molecule has 0 saturated carbocycles.